The molecule has 0 saturated heterocycles. The van der Waals surface area contributed by atoms with Crippen molar-refractivity contribution >= 4 is 34.3 Å². The molecule has 0 bridgehead atoms. The van der Waals surface area contributed by atoms with E-state index in [1.807, 2.05) is 45.0 Å². The molecule has 148 valence electrons. The average Bonchev–Trinajstić information content (AvgIpc) is 3.13. The summed E-state index contributed by atoms with van der Waals surface area (Å²) in [6.07, 6.45) is 0.800. The fourth-order valence-corrected chi connectivity index (χ4v) is 3.89. The van der Waals surface area contributed by atoms with Crippen LogP contribution in [-0.4, -0.2) is 26.6 Å². The van der Waals surface area contributed by atoms with Crippen molar-refractivity contribution < 1.29 is 4.79 Å². The highest BCUT2D eigenvalue weighted by atomic mass is 35.5. The first-order valence-electron chi connectivity index (χ1n) is 9.54. The van der Waals surface area contributed by atoms with Gasteiger partial charge < -0.3 is 4.98 Å². The molecule has 3 heterocycles. The summed E-state index contributed by atoms with van der Waals surface area (Å²) >= 11 is 6.06. The number of aromatic amines is 1. The predicted molar refractivity (Wildman–Crippen MR) is 114 cm³/mol. The minimum absolute atomic E-state index is 0.0818. The molecule has 1 aliphatic rings. The molecule has 2 aromatic heterocycles. The van der Waals surface area contributed by atoms with Gasteiger partial charge in [0.05, 0.1) is 28.4 Å². The SMILES string of the molecule is CCC(=O)N1N=C(c2c(C)c3nc(Cl)ccc3[nH]c2=O)CC1c1ccc(C)cc1. The molecule has 3 aromatic rings. The molecule has 0 fully saturated rings. The topological polar surface area (TPSA) is 78.4 Å². The smallest absolute Gasteiger partial charge is 0.257 e. The molecule has 1 amide bonds. The monoisotopic (exact) mass is 408 g/mol. The Bertz CT molecular complexity index is 1200. The van der Waals surface area contributed by atoms with E-state index < -0.39 is 0 Å². The largest absolute Gasteiger partial charge is 0.320 e. The van der Waals surface area contributed by atoms with E-state index in [9.17, 15) is 9.59 Å². The summed E-state index contributed by atoms with van der Waals surface area (Å²) in [5.74, 6) is -0.0818. The molecule has 0 spiro atoms. The Morgan fingerprint density at radius 1 is 1.21 bits per heavy atom. The lowest BCUT2D eigenvalue weighted by Crippen LogP contribution is -2.26. The van der Waals surface area contributed by atoms with Gasteiger partial charge in [-0.1, -0.05) is 48.4 Å². The fourth-order valence-electron chi connectivity index (χ4n) is 3.74. The zero-order valence-corrected chi connectivity index (χ0v) is 17.2. The van der Waals surface area contributed by atoms with Crippen LogP contribution >= 0.6 is 11.6 Å². The number of amides is 1. The number of carbonyl (C=O) groups excluding carboxylic acids is 1. The van der Waals surface area contributed by atoms with Crippen LogP contribution < -0.4 is 5.56 Å². The summed E-state index contributed by atoms with van der Waals surface area (Å²) in [5.41, 5.74) is 4.89. The fraction of sp³-hybridized carbons (Fsp3) is 0.273. The lowest BCUT2D eigenvalue weighted by Gasteiger charge is -2.21. The quantitative estimate of drug-likeness (QED) is 0.657. The van der Waals surface area contributed by atoms with Gasteiger partial charge in [-0.15, -0.1) is 0 Å². The van der Waals surface area contributed by atoms with E-state index in [4.69, 9.17) is 11.6 Å². The van der Waals surface area contributed by atoms with Crippen LogP contribution in [0.3, 0.4) is 0 Å². The van der Waals surface area contributed by atoms with E-state index in [-0.39, 0.29) is 17.5 Å². The summed E-state index contributed by atoms with van der Waals surface area (Å²) in [5, 5.41) is 6.44. The molecule has 0 radical (unpaired) electrons. The van der Waals surface area contributed by atoms with Gasteiger partial charge in [-0.2, -0.15) is 5.10 Å². The molecule has 1 aromatic carbocycles. The number of hydrogen-bond donors (Lipinski definition) is 1. The average molecular weight is 409 g/mol. The molecule has 4 rings (SSSR count). The summed E-state index contributed by atoms with van der Waals surface area (Å²) < 4.78 is 0. The van der Waals surface area contributed by atoms with E-state index >= 15 is 0 Å². The van der Waals surface area contributed by atoms with Gasteiger partial charge in [-0.25, -0.2) is 9.99 Å². The third-order valence-electron chi connectivity index (χ3n) is 5.29. The van der Waals surface area contributed by atoms with Gasteiger partial charge >= 0.3 is 0 Å². The van der Waals surface area contributed by atoms with Gasteiger partial charge in [-0.3, -0.25) is 9.59 Å². The Labute approximate surface area is 173 Å². The number of hydrogen-bond acceptors (Lipinski definition) is 4. The normalized spacial score (nSPS) is 16.3. The van der Waals surface area contributed by atoms with Crippen molar-refractivity contribution in [3.8, 4) is 0 Å². The second-order valence-corrected chi connectivity index (χ2v) is 7.64. The summed E-state index contributed by atoms with van der Waals surface area (Å²) in [4.78, 5) is 32.7. The van der Waals surface area contributed by atoms with Crippen LogP contribution in [0.5, 0.6) is 0 Å². The van der Waals surface area contributed by atoms with Gasteiger partial charge in [0.25, 0.3) is 5.56 Å². The standard InChI is InChI=1S/C22H21ClN4O2/c1-4-19(28)27-17(14-7-5-12(2)6-8-14)11-16(26-27)20-13(3)21-15(24-22(20)29)9-10-18(23)25-21/h5-10,17H,4,11H2,1-3H3,(H,24,29). The number of aromatic nitrogens is 2. The van der Waals surface area contributed by atoms with Crippen LogP contribution in [0.25, 0.3) is 11.0 Å². The van der Waals surface area contributed by atoms with Gasteiger partial charge in [0.1, 0.15) is 5.15 Å². The minimum atomic E-state index is -0.244. The van der Waals surface area contributed by atoms with Crippen molar-refractivity contribution in [3.05, 3.63) is 74.2 Å². The van der Waals surface area contributed by atoms with Crippen LogP contribution in [0.15, 0.2) is 46.3 Å². The highest BCUT2D eigenvalue weighted by Gasteiger charge is 2.34. The lowest BCUT2D eigenvalue weighted by molar-refractivity contribution is -0.132. The van der Waals surface area contributed by atoms with Crippen molar-refractivity contribution in [2.45, 2.75) is 39.7 Å². The molecule has 0 saturated carbocycles. The van der Waals surface area contributed by atoms with Crippen LogP contribution in [0.4, 0.5) is 0 Å². The maximum absolute atomic E-state index is 12.9. The van der Waals surface area contributed by atoms with E-state index in [2.05, 4.69) is 15.1 Å². The molecule has 1 aliphatic heterocycles. The summed E-state index contributed by atoms with van der Waals surface area (Å²) in [6, 6.07) is 11.2. The number of rotatable bonds is 3. The second kappa shape index (κ2) is 7.44. The maximum Gasteiger partial charge on any atom is 0.257 e. The predicted octanol–water partition coefficient (Wildman–Crippen LogP) is 4.28. The molecular weight excluding hydrogens is 388 g/mol. The van der Waals surface area contributed by atoms with Crippen molar-refractivity contribution in [3.63, 3.8) is 0 Å². The number of pyridine rings is 2. The Kier molecular flexibility index (Phi) is 4.96. The molecule has 0 aliphatic carbocycles. The molecule has 7 heteroatoms. The van der Waals surface area contributed by atoms with Crippen molar-refractivity contribution in [2.75, 3.05) is 0 Å². The third-order valence-corrected chi connectivity index (χ3v) is 5.50. The number of fused-ring (bicyclic) bond motifs is 1. The number of aryl methyl sites for hydroxylation is 2. The molecular formula is C22H21ClN4O2. The first-order valence-corrected chi connectivity index (χ1v) is 9.92. The minimum Gasteiger partial charge on any atom is -0.320 e. The Hall–Kier alpha value is -2.99. The number of halogens is 1. The van der Waals surface area contributed by atoms with Gasteiger partial charge in [0.15, 0.2) is 0 Å². The number of H-pyrrole nitrogens is 1. The highest BCUT2D eigenvalue weighted by molar-refractivity contribution is 6.29. The maximum atomic E-state index is 12.9. The van der Waals surface area contributed by atoms with Crippen molar-refractivity contribution in [1.82, 2.24) is 15.0 Å². The third kappa shape index (κ3) is 3.44. The van der Waals surface area contributed by atoms with Gasteiger partial charge in [0, 0.05) is 12.8 Å². The van der Waals surface area contributed by atoms with E-state index in [1.165, 1.54) is 5.01 Å². The Morgan fingerprint density at radius 3 is 2.62 bits per heavy atom. The van der Waals surface area contributed by atoms with Gasteiger partial charge in [-0.05, 0) is 37.1 Å². The van der Waals surface area contributed by atoms with E-state index in [0.717, 1.165) is 11.1 Å². The molecule has 1 atom stereocenters. The summed E-state index contributed by atoms with van der Waals surface area (Å²) in [6.45, 7) is 5.66. The number of nitrogens with one attached hydrogen (secondary N) is 1. The highest BCUT2D eigenvalue weighted by Crippen LogP contribution is 2.34. The first kappa shape index (κ1) is 19.3. The molecule has 6 nitrogen and oxygen atoms in total. The molecule has 1 unspecified atom stereocenters. The molecule has 29 heavy (non-hydrogen) atoms. The van der Waals surface area contributed by atoms with E-state index in [0.29, 0.717) is 45.9 Å². The number of nitrogens with zero attached hydrogens (tertiary/aromatic N) is 3. The number of benzene rings is 1. The van der Waals surface area contributed by atoms with Crippen LogP contribution in [0, 0.1) is 13.8 Å². The van der Waals surface area contributed by atoms with Crippen LogP contribution in [0.2, 0.25) is 5.15 Å². The van der Waals surface area contributed by atoms with Crippen molar-refractivity contribution in [2.24, 2.45) is 5.10 Å². The Balaban J connectivity index is 1.83. The summed E-state index contributed by atoms with van der Waals surface area (Å²) in [7, 11) is 0. The Morgan fingerprint density at radius 2 is 1.93 bits per heavy atom. The number of hydrazone groups is 1. The molecule has 1 N–H and O–H groups in total. The zero-order valence-electron chi connectivity index (χ0n) is 16.5. The zero-order chi connectivity index (χ0) is 20.7. The van der Waals surface area contributed by atoms with E-state index in [1.54, 1.807) is 12.1 Å². The van der Waals surface area contributed by atoms with Crippen LogP contribution in [0.1, 0.15) is 48.1 Å². The lowest BCUT2D eigenvalue weighted by atomic mass is 9.96. The van der Waals surface area contributed by atoms with Gasteiger partial charge in [0.2, 0.25) is 5.91 Å². The second-order valence-electron chi connectivity index (χ2n) is 7.25. The van der Waals surface area contributed by atoms with Crippen molar-refractivity contribution in [1.29, 1.82) is 0 Å². The first-order chi connectivity index (χ1) is 13.9. The van der Waals surface area contributed by atoms with Crippen LogP contribution in [-0.2, 0) is 4.79 Å². The number of carbonyl (C=O) groups is 1.